The molecule has 0 aliphatic rings. The van der Waals surface area contributed by atoms with E-state index in [1.807, 2.05) is 97.1 Å². The van der Waals surface area contributed by atoms with Gasteiger partial charge in [-0.3, -0.25) is 4.79 Å². The minimum absolute atomic E-state index is 0.111. The summed E-state index contributed by atoms with van der Waals surface area (Å²) in [6.07, 6.45) is 0.141. The summed E-state index contributed by atoms with van der Waals surface area (Å²) in [6, 6.07) is 34.9. The van der Waals surface area contributed by atoms with Crippen LogP contribution in [-0.2, 0) is 17.8 Å². The van der Waals surface area contributed by atoms with E-state index in [2.05, 4.69) is 0 Å². The van der Waals surface area contributed by atoms with Crippen molar-refractivity contribution < 1.29 is 14.7 Å². The molecular weight excluding hydrogens is 529 g/mol. The van der Waals surface area contributed by atoms with Gasteiger partial charge < -0.3 is 10.0 Å². The number of hydrogen-bond donors (Lipinski definition) is 1. The van der Waals surface area contributed by atoms with Crippen molar-refractivity contribution >= 4 is 45.9 Å². The van der Waals surface area contributed by atoms with Crippen molar-refractivity contribution in [3.8, 4) is 11.1 Å². The molecule has 1 amide bonds. The Balaban J connectivity index is 1.52. The highest BCUT2D eigenvalue weighted by molar-refractivity contribution is 6.42. The average molecular weight is 554 g/mol. The molecule has 0 unspecified atom stereocenters. The molecule has 5 rings (SSSR count). The zero-order valence-electron chi connectivity index (χ0n) is 20.9. The minimum Gasteiger partial charge on any atom is -0.480 e. The first-order chi connectivity index (χ1) is 18.9. The molecule has 0 saturated carbocycles. The molecule has 0 heterocycles. The van der Waals surface area contributed by atoms with Crippen molar-refractivity contribution in [3.63, 3.8) is 0 Å². The number of nitrogens with zero attached hydrogens (tertiary/aromatic N) is 1. The number of hydrogen-bond acceptors (Lipinski definition) is 2. The van der Waals surface area contributed by atoms with Crippen molar-refractivity contribution in [1.29, 1.82) is 0 Å². The number of carbonyl (C=O) groups is 2. The van der Waals surface area contributed by atoms with Gasteiger partial charge >= 0.3 is 5.97 Å². The Morgan fingerprint density at radius 1 is 0.718 bits per heavy atom. The molecule has 0 spiro atoms. The van der Waals surface area contributed by atoms with Crippen LogP contribution in [0.15, 0.2) is 115 Å². The fraction of sp³-hybridized carbons (Fsp3) is 0.0909. The van der Waals surface area contributed by atoms with Crippen LogP contribution in [-0.4, -0.2) is 27.9 Å². The fourth-order valence-electron chi connectivity index (χ4n) is 4.75. The lowest BCUT2D eigenvalue weighted by molar-refractivity contribution is -0.142. The molecule has 0 fully saturated rings. The van der Waals surface area contributed by atoms with E-state index >= 15 is 0 Å². The highest BCUT2D eigenvalue weighted by atomic mass is 35.5. The van der Waals surface area contributed by atoms with Gasteiger partial charge in [-0.15, -0.1) is 0 Å². The van der Waals surface area contributed by atoms with Crippen LogP contribution in [0.4, 0.5) is 0 Å². The summed E-state index contributed by atoms with van der Waals surface area (Å²) in [5.74, 6) is -1.52. The fourth-order valence-corrected chi connectivity index (χ4v) is 5.05. The summed E-state index contributed by atoms with van der Waals surface area (Å²) < 4.78 is 0. The van der Waals surface area contributed by atoms with E-state index in [0.29, 0.717) is 5.02 Å². The predicted molar refractivity (Wildman–Crippen MR) is 157 cm³/mol. The quantitative estimate of drug-likeness (QED) is 0.211. The van der Waals surface area contributed by atoms with Crippen molar-refractivity contribution in [2.24, 2.45) is 0 Å². The highest BCUT2D eigenvalue weighted by Gasteiger charge is 2.31. The van der Waals surface area contributed by atoms with Crippen LogP contribution in [0.3, 0.4) is 0 Å². The van der Waals surface area contributed by atoms with Gasteiger partial charge in [0.05, 0.1) is 10.0 Å². The topological polar surface area (TPSA) is 57.6 Å². The molecule has 5 aromatic carbocycles. The van der Waals surface area contributed by atoms with E-state index in [0.717, 1.165) is 33.0 Å². The lowest BCUT2D eigenvalue weighted by Crippen LogP contribution is -2.46. The third-order valence-electron chi connectivity index (χ3n) is 6.80. The normalized spacial score (nSPS) is 11.7. The Bertz CT molecular complexity index is 1630. The number of amides is 1. The number of halogens is 2. The monoisotopic (exact) mass is 553 g/mol. The number of rotatable bonds is 8. The molecule has 6 heteroatoms. The second kappa shape index (κ2) is 11.7. The van der Waals surface area contributed by atoms with Crippen LogP contribution in [0.1, 0.15) is 21.5 Å². The Hall–Kier alpha value is -4.12. The molecule has 0 aliphatic carbocycles. The summed E-state index contributed by atoms with van der Waals surface area (Å²) in [4.78, 5) is 28.0. The first-order valence-corrected chi connectivity index (χ1v) is 13.3. The van der Waals surface area contributed by atoms with Crippen molar-refractivity contribution in [2.75, 3.05) is 0 Å². The number of aliphatic carboxylic acids is 1. The number of carboxylic acids is 1. The van der Waals surface area contributed by atoms with Crippen molar-refractivity contribution in [3.05, 3.63) is 142 Å². The third-order valence-corrected chi connectivity index (χ3v) is 7.54. The zero-order valence-corrected chi connectivity index (χ0v) is 22.4. The van der Waals surface area contributed by atoms with E-state index in [4.69, 9.17) is 23.2 Å². The molecular formula is C33H25Cl2NO3. The van der Waals surface area contributed by atoms with Gasteiger partial charge in [0.15, 0.2) is 0 Å². The number of carbonyl (C=O) groups excluding carboxylic acids is 1. The maximum atomic E-state index is 13.9. The number of carboxylic acid groups (broad SMARTS) is 1. The van der Waals surface area contributed by atoms with Crippen LogP contribution in [0.2, 0.25) is 10.0 Å². The molecule has 194 valence electrons. The largest absolute Gasteiger partial charge is 0.480 e. The smallest absolute Gasteiger partial charge is 0.326 e. The number of fused-ring (bicyclic) bond motifs is 1. The van der Waals surface area contributed by atoms with Gasteiger partial charge in [0.1, 0.15) is 6.04 Å². The van der Waals surface area contributed by atoms with E-state index in [1.54, 1.807) is 12.1 Å². The first kappa shape index (κ1) is 26.5. The van der Waals surface area contributed by atoms with Gasteiger partial charge in [0.25, 0.3) is 5.91 Å². The van der Waals surface area contributed by atoms with E-state index in [-0.39, 0.29) is 23.6 Å². The number of benzene rings is 5. The molecule has 0 saturated heterocycles. The molecule has 5 aromatic rings. The van der Waals surface area contributed by atoms with Gasteiger partial charge in [0, 0.05) is 18.5 Å². The molecule has 0 radical (unpaired) electrons. The van der Waals surface area contributed by atoms with Gasteiger partial charge in [-0.2, -0.15) is 0 Å². The van der Waals surface area contributed by atoms with Crippen LogP contribution in [0, 0.1) is 0 Å². The molecule has 0 aliphatic heterocycles. The Morgan fingerprint density at radius 3 is 2.10 bits per heavy atom. The predicted octanol–water partition coefficient (Wildman–Crippen LogP) is 8.15. The summed E-state index contributed by atoms with van der Waals surface area (Å²) >= 11 is 12.3. The van der Waals surface area contributed by atoms with Gasteiger partial charge in [-0.05, 0) is 51.2 Å². The van der Waals surface area contributed by atoms with E-state index < -0.39 is 17.9 Å². The molecule has 0 aromatic heterocycles. The van der Waals surface area contributed by atoms with Crippen LogP contribution in [0.5, 0.6) is 0 Å². The minimum atomic E-state index is -1.12. The van der Waals surface area contributed by atoms with Gasteiger partial charge in [-0.1, -0.05) is 120 Å². The molecule has 4 nitrogen and oxygen atoms in total. The van der Waals surface area contributed by atoms with Gasteiger partial charge in [-0.25, -0.2) is 4.79 Å². The first-order valence-electron chi connectivity index (χ1n) is 12.5. The van der Waals surface area contributed by atoms with E-state index in [9.17, 15) is 14.7 Å². The van der Waals surface area contributed by atoms with Crippen molar-refractivity contribution in [2.45, 2.75) is 19.0 Å². The summed E-state index contributed by atoms with van der Waals surface area (Å²) in [5.41, 5.74) is 4.05. The Kier molecular flexibility index (Phi) is 7.97. The SMILES string of the molecule is O=C(O)[C@H](Cc1ccc(-c2ccccc2)cc1)N(Cc1cccc2ccccc12)C(=O)c1ccc(Cl)c(Cl)c1. The van der Waals surface area contributed by atoms with Crippen LogP contribution in [0.25, 0.3) is 21.9 Å². The zero-order chi connectivity index (χ0) is 27.4. The van der Waals surface area contributed by atoms with Crippen molar-refractivity contribution in [1.82, 2.24) is 4.90 Å². The summed E-state index contributed by atoms with van der Waals surface area (Å²) in [7, 11) is 0. The van der Waals surface area contributed by atoms with Crippen LogP contribution >= 0.6 is 23.2 Å². The van der Waals surface area contributed by atoms with E-state index in [1.165, 1.54) is 11.0 Å². The summed E-state index contributed by atoms with van der Waals surface area (Å²) in [5, 5.41) is 12.9. The standard InChI is InChI=1S/C33H25Cl2NO3/c34-29-18-17-26(20-30(29)35)32(37)36(21-27-11-6-10-25-9-4-5-12-28(25)27)31(33(38)39)19-22-13-15-24(16-14-22)23-7-2-1-3-8-23/h1-18,20,31H,19,21H2,(H,38,39)/t31-/m0/s1. The molecule has 39 heavy (non-hydrogen) atoms. The summed E-state index contributed by atoms with van der Waals surface area (Å²) in [6.45, 7) is 0.111. The Morgan fingerprint density at radius 2 is 1.38 bits per heavy atom. The lowest BCUT2D eigenvalue weighted by atomic mass is 9.98. The molecule has 1 atom stereocenters. The maximum absolute atomic E-state index is 13.9. The highest BCUT2D eigenvalue weighted by Crippen LogP contribution is 2.27. The maximum Gasteiger partial charge on any atom is 0.326 e. The third kappa shape index (κ3) is 5.98. The average Bonchev–Trinajstić information content (AvgIpc) is 2.96. The van der Waals surface area contributed by atoms with Gasteiger partial charge in [0.2, 0.25) is 0 Å². The lowest BCUT2D eigenvalue weighted by Gasteiger charge is -2.30. The second-order valence-corrected chi connectivity index (χ2v) is 10.1. The Labute approximate surface area is 237 Å². The van der Waals surface area contributed by atoms with Crippen LogP contribution < -0.4 is 0 Å². The second-order valence-electron chi connectivity index (χ2n) is 9.32. The molecule has 0 bridgehead atoms. The molecule has 1 N–H and O–H groups in total.